The van der Waals surface area contributed by atoms with Crippen molar-refractivity contribution >= 4 is 22.5 Å². The molecule has 0 saturated carbocycles. The number of nitrogens with one attached hydrogen (secondary N) is 2. The van der Waals surface area contributed by atoms with Crippen molar-refractivity contribution in [1.29, 1.82) is 0 Å². The van der Waals surface area contributed by atoms with E-state index in [4.69, 9.17) is 0 Å². The molecule has 0 unspecified atom stereocenters. The molecule has 3 rings (SSSR count). The summed E-state index contributed by atoms with van der Waals surface area (Å²) in [6.07, 6.45) is 3.61. The first-order chi connectivity index (χ1) is 9.75. The van der Waals surface area contributed by atoms with Gasteiger partial charge in [0.2, 0.25) is 5.91 Å². The molecule has 4 heteroatoms. The minimum atomic E-state index is 0.115. The number of fused-ring (bicyclic) bond motifs is 1. The number of carbonyl (C=O) groups is 1. The summed E-state index contributed by atoms with van der Waals surface area (Å²) in [7, 11) is 0. The fourth-order valence-electron chi connectivity index (χ4n) is 2.74. The Hall–Kier alpha value is -1.94. The van der Waals surface area contributed by atoms with Crippen LogP contribution in [-0.4, -0.2) is 24.0 Å². The molecule has 0 radical (unpaired) electrons. The van der Waals surface area contributed by atoms with Crippen molar-refractivity contribution in [2.24, 2.45) is 5.92 Å². The van der Waals surface area contributed by atoms with Crippen molar-refractivity contribution in [2.75, 3.05) is 18.4 Å². The Morgan fingerprint density at radius 2 is 2.10 bits per heavy atom. The minimum absolute atomic E-state index is 0.115. The number of aromatic nitrogens is 1. The first kappa shape index (κ1) is 13.1. The number of nitrogens with zero attached hydrogens (tertiary/aromatic N) is 1. The number of amides is 1. The van der Waals surface area contributed by atoms with Gasteiger partial charge in [0.1, 0.15) is 0 Å². The van der Waals surface area contributed by atoms with Crippen LogP contribution in [0.15, 0.2) is 30.5 Å². The number of aryl methyl sites for hydroxylation is 1. The summed E-state index contributed by atoms with van der Waals surface area (Å²) in [4.78, 5) is 16.7. The third-order valence-electron chi connectivity index (χ3n) is 3.94. The van der Waals surface area contributed by atoms with Gasteiger partial charge >= 0.3 is 0 Å². The van der Waals surface area contributed by atoms with E-state index < -0.39 is 0 Å². The maximum absolute atomic E-state index is 12.3. The average molecular weight is 269 g/mol. The van der Waals surface area contributed by atoms with Crippen LogP contribution in [0.2, 0.25) is 0 Å². The largest absolute Gasteiger partial charge is 0.325 e. The Balaban J connectivity index is 1.87. The van der Waals surface area contributed by atoms with Crippen molar-refractivity contribution < 1.29 is 4.79 Å². The van der Waals surface area contributed by atoms with Gasteiger partial charge in [0.25, 0.3) is 0 Å². The zero-order chi connectivity index (χ0) is 13.9. The van der Waals surface area contributed by atoms with Crippen molar-refractivity contribution in [3.05, 3.63) is 36.0 Å². The molecule has 1 fully saturated rings. The fourth-order valence-corrected chi connectivity index (χ4v) is 2.74. The van der Waals surface area contributed by atoms with E-state index in [1.54, 1.807) is 6.20 Å². The number of piperidine rings is 1. The normalized spacial score (nSPS) is 16.2. The van der Waals surface area contributed by atoms with Gasteiger partial charge in [-0.3, -0.25) is 9.78 Å². The molecule has 1 aliphatic heterocycles. The summed E-state index contributed by atoms with van der Waals surface area (Å²) in [5, 5.41) is 7.36. The molecular formula is C16H19N3O. The summed E-state index contributed by atoms with van der Waals surface area (Å²) in [5.41, 5.74) is 2.94. The van der Waals surface area contributed by atoms with Gasteiger partial charge < -0.3 is 10.6 Å². The zero-order valence-electron chi connectivity index (χ0n) is 11.6. The van der Waals surface area contributed by atoms with E-state index >= 15 is 0 Å². The lowest BCUT2D eigenvalue weighted by atomic mass is 9.97. The number of anilines is 1. The molecule has 0 spiro atoms. The Morgan fingerprint density at radius 3 is 2.90 bits per heavy atom. The highest BCUT2D eigenvalue weighted by Gasteiger charge is 2.21. The molecule has 1 amide bonds. The van der Waals surface area contributed by atoms with Crippen LogP contribution < -0.4 is 10.6 Å². The maximum atomic E-state index is 12.3. The molecule has 0 aliphatic carbocycles. The number of rotatable bonds is 2. The zero-order valence-corrected chi connectivity index (χ0v) is 11.6. The molecule has 0 atom stereocenters. The second kappa shape index (κ2) is 5.59. The van der Waals surface area contributed by atoms with Gasteiger partial charge in [-0.2, -0.15) is 0 Å². The second-order valence-electron chi connectivity index (χ2n) is 5.34. The van der Waals surface area contributed by atoms with Crippen molar-refractivity contribution in [3.8, 4) is 0 Å². The van der Waals surface area contributed by atoms with Gasteiger partial charge in [-0.1, -0.05) is 6.07 Å². The van der Waals surface area contributed by atoms with Gasteiger partial charge in [-0.15, -0.1) is 0 Å². The van der Waals surface area contributed by atoms with Crippen molar-refractivity contribution in [2.45, 2.75) is 19.8 Å². The summed E-state index contributed by atoms with van der Waals surface area (Å²) < 4.78 is 0. The lowest BCUT2D eigenvalue weighted by Crippen LogP contribution is -2.34. The highest BCUT2D eigenvalue weighted by atomic mass is 16.1. The molecule has 0 bridgehead atoms. The lowest BCUT2D eigenvalue weighted by molar-refractivity contribution is -0.120. The molecule has 20 heavy (non-hydrogen) atoms. The van der Waals surface area contributed by atoms with Gasteiger partial charge in [0.15, 0.2) is 0 Å². The molecule has 1 aromatic heterocycles. The molecule has 1 aliphatic rings. The van der Waals surface area contributed by atoms with E-state index in [0.29, 0.717) is 0 Å². The molecule has 2 aromatic rings. The predicted molar refractivity (Wildman–Crippen MR) is 80.7 cm³/mol. The smallest absolute Gasteiger partial charge is 0.227 e. The molecule has 4 nitrogen and oxygen atoms in total. The van der Waals surface area contributed by atoms with Crippen LogP contribution in [0, 0.1) is 12.8 Å². The van der Waals surface area contributed by atoms with Crippen LogP contribution in [0.5, 0.6) is 0 Å². The first-order valence-corrected chi connectivity index (χ1v) is 7.11. The van der Waals surface area contributed by atoms with Gasteiger partial charge in [0, 0.05) is 17.5 Å². The van der Waals surface area contributed by atoms with Crippen LogP contribution >= 0.6 is 0 Å². The highest BCUT2D eigenvalue weighted by Crippen LogP contribution is 2.25. The minimum Gasteiger partial charge on any atom is -0.325 e. The quantitative estimate of drug-likeness (QED) is 0.880. The second-order valence-corrected chi connectivity index (χ2v) is 5.34. The monoisotopic (exact) mass is 269 g/mol. The van der Waals surface area contributed by atoms with E-state index in [0.717, 1.165) is 48.1 Å². The fraction of sp³-hybridized carbons (Fsp3) is 0.375. The molecule has 104 valence electrons. The summed E-state index contributed by atoms with van der Waals surface area (Å²) in [5.74, 6) is 0.241. The summed E-state index contributed by atoms with van der Waals surface area (Å²) >= 11 is 0. The number of carbonyl (C=O) groups excluding carboxylic acids is 1. The lowest BCUT2D eigenvalue weighted by Gasteiger charge is -2.22. The highest BCUT2D eigenvalue weighted by molar-refractivity contribution is 6.02. The Labute approximate surface area is 118 Å². The SMILES string of the molecule is Cc1ccc(NC(=O)C2CCNCC2)c2cccnc12. The average Bonchev–Trinajstić information content (AvgIpc) is 2.51. The Morgan fingerprint density at radius 1 is 1.30 bits per heavy atom. The molecule has 2 heterocycles. The van der Waals surface area contributed by atoms with Crippen molar-refractivity contribution in [3.63, 3.8) is 0 Å². The first-order valence-electron chi connectivity index (χ1n) is 7.11. The van der Waals surface area contributed by atoms with Crippen LogP contribution in [0.25, 0.3) is 10.9 Å². The number of hydrogen-bond acceptors (Lipinski definition) is 3. The third kappa shape index (κ3) is 2.51. The van der Waals surface area contributed by atoms with E-state index in [2.05, 4.69) is 15.6 Å². The summed E-state index contributed by atoms with van der Waals surface area (Å²) in [6.45, 7) is 3.89. The van der Waals surface area contributed by atoms with Crippen LogP contribution in [-0.2, 0) is 4.79 Å². The Bertz CT molecular complexity index is 633. The van der Waals surface area contributed by atoms with Crippen molar-refractivity contribution in [1.82, 2.24) is 10.3 Å². The van der Waals surface area contributed by atoms with E-state index in [1.807, 2.05) is 31.2 Å². The van der Waals surface area contributed by atoms with Gasteiger partial charge in [0.05, 0.1) is 11.2 Å². The van der Waals surface area contributed by atoms with E-state index in [1.165, 1.54) is 0 Å². The van der Waals surface area contributed by atoms with Crippen LogP contribution in [0.4, 0.5) is 5.69 Å². The Kier molecular flexibility index (Phi) is 3.65. The molecule has 1 aromatic carbocycles. The molecule has 2 N–H and O–H groups in total. The number of benzene rings is 1. The topological polar surface area (TPSA) is 54.0 Å². The third-order valence-corrected chi connectivity index (χ3v) is 3.94. The molecular weight excluding hydrogens is 250 g/mol. The number of hydrogen-bond donors (Lipinski definition) is 2. The van der Waals surface area contributed by atoms with Gasteiger partial charge in [-0.05, 0) is 56.6 Å². The summed E-state index contributed by atoms with van der Waals surface area (Å²) in [6, 6.07) is 7.89. The standard InChI is InChI=1S/C16H19N3O/c1-11-4-5-14(13-3-2-8-18-15(11)13)19-16(20)12-6-9-17-10-7-12/h2-5,8,12,17H,6-7,9-10H2,1H3,(H,19,20). The van der Waals surface area contributed by atoms with Crippen LogP contribution in [0.3, 0.4) is 0 Å². The molecule has 1 saturated heterocycles. The maximum Gasteiger partial charge on any atom is 0.227 e. The number of pyridine rings is 1. The van der Waals surface area contributed by atoms with E-state index in [9.17, 15) is 4.79 Å². The predicted octanol–water partition coefficient (Wildman–Crippen LogP) is 2.48. The van der Waals surface area contributed by atoms with E-state index in [-0.39, 0.29) is 11.8 Å². The van der Waals surface area contributed by atoms with Gasteiger partial charge in [-0.25, -0.2) is 0 Å². The van der Waals surface area contributed by atoms with Crippen LogP contribution in [0.1, 0.15) is 18.4 Å².